The van der Waals surface area contributed by atoms with Crippen LogP contribution < -0.4 is 9.46 Å². The summed E-state index contributed by atoms with van der Waals surface area (Å²) in [5, 5.41) is 0.179. The van der Waals surface area contributed by atoms with Gasteiger partial charge in [-0.15, -0.1) is 0 Å². The maximum absolute atomic E-state index is 12.3. The molecule has 138 valence electrons. The fourth-order valence-corrected chi connectivity index (χ4v) is 4.36. The highest BCUT2D eigenvalue weighted by atomic mass is 35.5. The van der Waals surface area contributed by atoms with Gasteiger partial charge in [0.05, 0.1) is 23.3 Å². The fourth-order valence-electron chi connectivity index (χ4n) is 2.00. The van der Waals surface area contributed by atoms with E-state index in [4.69, 9.17) is 16.3 Å². The molecule has 1 N–H and O–H groups in total. The summed E-state index contributed by atoms with van der Waals surface area (Å²) in [6.07, 6.45) is 1.10. The molecule has 0 radical (unpaired) electrons. The van der Waals surface area contributed by atoms with Crippen LogP contribution in [-0.4, -0.2) is 54.1 Å². The van der Waals surface area contributed by atoms with Crippen LogP contribution in [0.1, 0.15) is 13.8 Å². The van der Waals surface area contributed by atoms with Crippen LogP contribution in [0, 0.1) is 5.92 Å². The number of benzene rings is 1. The van der Waals surface area contributed by atoms with Crippen LogP contribution in [-0.2, 0) is 20.0 Å². The summed E-state index contributed by atoms with van der Waals surface area (Å²) in [6, 6.07) is 4.11. The van der Waals surface area contributed by atoms with Crippen LogP contribution in [0.2, 0.25) is 5.02 Å². The Hall–Kier alpha value is -0.870. The van der Waals surface area contributed by atoms with Crippen LogP contribution in [0.4, 0.5) is 0 Å². The van der Waals surface area contributed by atoms with Gasteiger partial charge in [-0.1, -0.05) is 25.4 Å². The summed E-state index contributed by atoms with van der Waals surface area (Å²) < 4.78 is 56.6. The van der Waals surface area contributed by atoms with Crippen molar-refractivity contribution in [2.24, 2.45) is 5.92 Å². The Kier molecular flexibility index (Phi) is 7.48. The van der Waals surface area contributed by atoms with Crippen molar-refractivity contribution >= 4 is 31.6 Å². The van der Waals surface area contributed by atoms with Gasteiger partial charge in [-0.2, -0.15) is 0 Å². The number of hydrogen-bond donors (Lipinski definition) is 1. The molecule has 10 heteroatoms. The molecule has 0 spiro atoms. The number of nitrogens with one attached hydrogen (secondary N) is 1. The molecule has 0 aromatic heterocycles. The predicted octanol–water partition coefficient (Wildman–Crippen LogP) is 1.54. The average molecular weight is 399 g/mol. The van der Waals surface area contributed by atoms with Gasteiger partial charge in [0.25, 0.3) is 0 Å². The third kappa shape index (κ3) is 6.21. The lowest BCUT2D eigenvalue weighted by Gasteiger charge is -2.22. The first kappa shape index (κ1) is 21.2. The van der Waals surface area contributed by atoms with Crippen LogP contribution in [0.3, 0.4) is 0 Å². The van der Waals surface area contributed by atoms with Crippen molar-refractivity contribution < 1.29 is 21.6 Å². The summed E-state index contributed by atoms with van der Waals surface area (Å²) in [7, 11) is -5.75. The molecule has 0 bridgehead atoms. The van der Waals surface area contributed by atoms with Crippen molar-refractivity contribution in [3.63, 3.8) is 0 Å². The summed E-state index contributed by atoms with van der Waals surface area (Å²) in [5.41, 5.74) is 0. The predicted molar refractivity (Wildman–Crippen MR) is 94.4 cm³/mol. The number of hydrogen-bond acceptors (Lipinski definition) is 5. The van der Waals surface area contributed by atoms with Crippen molar-refractivity contribution in [1.29, 1.82) is 0 Å². The van der Waals surface area contributed by atoms with Crippen molar-refractivity contribution in [3.8, 4) is 5.75 Å². The summed E-state index contributed by atoms with van der Waals surface area (Å²) in [5.74, 6) is 0.507. The quantitative estimate of drug-likeness (QED) is 0.681. The van der Waals surface area contributed by atoms with Crippen LogP contribution in [0.15, 0.2) is 23.1 Å². The van der Waals surface area contributed by atoms with E-state index in [0.717, 1.165) is 6.26 Å². The van der Waals surface area contributed by atoms with Crippen LogP contribution >= 0.6 is 11.6 Å². The molecule has 0 aliphatic carbocycles. The molecule has 0 heterocycles. The largest absolute Gasteiger partial charge is 0.495 e. The number of rotatable bonds is 9. The number of ether oxygens (including phenoxy) is 1. The third-order valence-electron chi connectivity index (χ3n) is 3.12. The maximum Gasteiger partial charge on any atom is 0.240 e. The number of nitrogens with zero attached hydrogens (tertiary/aromatic N) is 1. The van der Waals surface area contributed by atoms with Gasteiger partial charge in [0.1, 0.15) is 5.75 Å². The van der Waals surface area contributed by atoms with Crippen molar-refractivity contribution in [2.45, 2.75) is 18.7 Å². The third-order valence-corrected chi connectivity index (χ3v) is 6.15. The van der Waals surface area contributed by atoms with Crippen molar-refractivity contribution in [1.82, 2.24) is 9.03 Å². The normalized spacial score (nSPS) is 12.8. The van der Waals surface area contributed by atoms with E-state index in [1.807, 2.05) is 13.8 Å². The lowest BCUT2D eigenvalue weighted by atomic mass is 10.2. The highest BCUT2D eigenvalue weighted by molar-refractivity contribution is 7.89. The zero-order valence-corrected chi connectivity index (χ0v) is 16.5. The topological polar surface area (TPSA) is 92.8 Å². The molecule has 0 aliphatic heterocycles. The zero-order valence-electron chi connectivity index (χ0n) is 14.1. The first-order valence-corrected chi connectivity index (χ1v) is 11.0. The molecule has 24 heavy (non-hydrogen) atoms. The minimum atomic E-state index is -3.79. The highest BCUT2D eigenvalue weighted by Gasteiger charge is 2.20. The van der Waals surface area contributed by atoms with Gasteiger partial charge < -0.3 is 4.74 Å². The molecule has 0 aliphatic rings. The molecule has 0 unspecified atom stereocenters. The molecule has 7 nitrogen and oxygen atoms in total. The molecule has 1 rings (SSSR count). The number of methoxy groups -OCH3 is 1. The lowest BCUT2D eigenvalue weighted by Crippen LogP contribution is -2.39. The fraction of sp³-hybridized carbons (Fsp3) is 0.571. The maximum atomic E-state index is 12.3. The van der Waals surface area contributed by atoms with Gasteiger partial charge in [0.15, 0.2) is 0 Å². The Bertz CT molecular complexity index is 763. The summed E-state index contributed by atoms with van der Waals surface area (Å²) >= 11 is 5.93. The molecule has 0 saturated heterocycles. The smallest absolute Gasteiger partial charge is 0.240 e. The monoisotopic (exact) mass is 398 g/mol. The Labute approximate surface area is 149 Å². The van der Waals surface area contributed by atoms with E-state index in [-0.39, 0.29) is 28.9 Å². The molecule has 1 aromatic rings. The van der Waals surface area contributed by atoms with Crippen molar-refractivity contribution in [2.75, 3.05) is 33.0 Å². The van der Waals surface area contributed by atoms with Gasteiger partial charge in [-0.3, -0.25) is 0 Å². The summed E-state index contributed by atoms with van der Waals surface area (Å²) in [6.45, 7) is 4.13. The second-order valence-corrected chi connectivity index (χ2v) is 9.87. The number of halogens is 1. The lowest BCUT2D eigenvalue weighted by molar-refractivity contribution is 0.372. The minimum Gasteiger partial charge on any atom is -0.495 e. The zero-order chi connectivity index (χ0) is 18.5. The van der Waals surface area contributed by atoms with E-state index in [0.29, 0.717) is 12.3 Å². The molecular formula is C14H23ClN2O5S2. The van der Waals surface area contributed by atoms with Gasteiger partial charge in [0.2, 0.25) is 20.0 Å². The molecule has 0 amide bonds. The Morgan fingerprint density at radius 2 is 1.88 bits per heavy atom. The standard InChI is InChI=1S/C14H23ClN2O5S2/c1-11(2)10-17(23(4,18)19)8-7-16-24(20,21)12-5-6-14(22-3)13(15)9-12/h5-6,9,11,16H,7-8,10H2,1-4H3. The van der Waals surface area contributed by atoms with E-state index in [1.165, 1.54) is 29.6 Å². The van der Waals surface area contributed by atoms with Crippen LogP contribution in [0.5, 0.6) is 5.75 Å². The molecule has 0 saturated carbocycles. The highest BCUT2D eigenvalue weighted by Crippen LogP contribution is 2.26. The van der Waals surface area contributed by atoms with Gasteiger partial charge in [-0.05, 0) is 24.1 Å². The van der Waals surface area contributed by atoms with E-state index >= 15 is 0 Å². The van der Waals surface area contributed by atoms with E-state index in [9.17, 15) is 16.8 Å². The first-order valence-electron chi connectivity index (χ1n) is 7.25. The van der Waals surface area contributed by atoms with E-state index in [1.54, 1.807) is 0 Å². The Balaban J connectivity index is 2.79. The second kappa shape index (κ2) is 8.48. The van der Waals surface area contributed by atoms with Crippen LogP contribution in [0.25, 0.3) is 0 Å². The van der Waals surface area contributed by atoms with Crippen molar-refractivity contribution in [3.05, 3.63) is 23.2 Å². The summed E-state index contributed by atoms with van der Waals surface area (Å²) in [4.78, 5) is -0.0111. The Morgan fingerprint density at radius 3 is 2.33 bits per heavy atom. The molecule has 0 fully saturated rings. The van der Waals surface area contributed by atoms with E-state index in [2.05, 4.69) is 4.72 Å². The molecule has 1 aromatic carbocycles. The number of sulfonamides is 2. The average Bonchev–Trinajstić information content (AvgIpc) is 2.44. The molecular weight excluding hydrogens is 376 g/mol. The molecule has 0 atom stereocenters. The van der Waals surface area contributed by atoms with Gasteiger partial charge >= 0.3 is 0 Å². The van der Waals surface area contributed by atoms with Gasteiger partial charge in [-0.25, -0.2) is 25.9 Å². The second-order valence-electron chi connectivity index (χ2n) is 5.71. The minimum absolute atomic E-state index is 0.0111. The van der Waals surface area contributed by atoms with E-state index < -0.39 is 20.0 Å². The SMILES string of the molecule is COc1ccc(S(=O)(=O)NCCN(CC(C)C)S(C)(=O)=O)cc1Cl. The Morgan fingerprint density at radius 1 is 1.25 bits per heavy atom. The first-order chi connectivity index (χ1) is 11.0. The van der Waals surface area contributed by atoms with Gasteiger partial charge in [0, 0.05) is 19.6 Å².